The first kappa shape index (κ1) is 26.7. The van der Waals surface area contributed by atoms with Gasteiger partial charge in [-0.15, -0.1) is 0 Å². The van der Waals surface area contributed by atoms with Crippen molar-refractivity contribution in [1.29, 1.82) is 0 Å². The molecule has 38 heavy (non-hydrogen) atoms. The number of ether oxygens (including phenoxy) is 1. The minimum Gasteiger partial charge on any atom is -0.491 e. The quantitative estimate of drug-likeness (QED) is 0.380. The van der Waals surface area contributed by atoms with E-state index in [1.165, 1.54) is 38.8 Å². The van der Waals surface area contributed by atoms with E-state index in [-0.39, 0.29) is 12.0 Å². The van der Waals surface area contributed by atoms with Crippen molar-refractivity contribution in [2.24, 2.45) is 0 Å². The van der Waals surface area contributed by atoms with Crippen molar-refractivity contribution >= 4 is 40.0 Å². The molecule has 1 amide bonds. The van der Waals surface area contributed by atoms with E-state index in [0.717, 1.165) is 52.6 Å². The van der Waals surface area contributed by atoms with Crippen LogP contribution in [0.25, 0.3) is 10.9 Å². The number of hydrogen-bond donors (Lipinski definition) is 1. The van der Waals surface area contributed by atoms with Gasteiger partial charge in [0.1, 0.15) is 5.75 Å². The summed E-state index contributed by atoms with van der Waals surface area (Å²) < 4.78 is 5.69. The predicted molar refractivity (Wildman–Crippen MR) is 154 cm³/mol. The van der Waals surface area contributed by atoms with Crippen LogP contribution in [0.15, 0.2) is 36.4 Å². The van der Waals surface area contributed by atoms with Crippen LogP contribution >= 0.6 is 11.6 Å². The molecule has 0 atom stereocenters. The van der Waals surface area contributed by atoms with Crippen LogP contribution in [-0.4, -0.2) is 59.1 Å². The summed E-state index contributed by atoms with van der Waals surface area (Å²) in [5, 5.41) is 4.60. The van der Waals surface area contributed by atoms with Gasteiger partial charge in [-0.1, -0.05) is 17.7 Å². The number of nitrogens with one attached hydrogen (secondary N) is 1. The summed E-state index contributed by atoms with van der Waals surface area (Å²) in [7, 11) is 0. The number of aryl methyl sites for hydroxylation is 2. The van der Waals surface area contributed by atoms with Gasteiger partial charge in [0.2, 0.25) is 11.9 Å². The molecule has 0 spiro atoms. The summed E-state index contributed by atoms with van der Waals surface area (Å²) in [6.07, 6.45) is 6.00. The smallest absolute Gasteiger partial charge is 0.226 e. The van der Waals surface area contributed by atoms with Crippen LogP contribution in [0.1, 0.15) is 57.2 Å². The molecule has 0 bridgehead atoms. The Labute approximate surface area is 230 Å². The van der Waals surface area contributed by atoms with Crippen molar-refractivity contribution in [2.75, 3.05) is 36.4 Å². The molecule has 2 aliphatic heterocycles. The van der Waals surface area contributed by atoms with Crippen LogP contribution in [0, 0.1) is 6.92 Å². The van der Waals surface area contributed by atoms with Crippen molar-refractivity contribution in [2.45, 2.75) is 71.4 Å². The summed E-state index contributed by atoms with van der Waals surface area (Å²) in [6, 6.07) is 12.2. The first-order valence-electron chi connectivity index (χ1n) is 13.9. The lowest BCUT2D eigenvalue weighted by atomic mass is 10.0. The fourth-order valence-corrected chi connectivity index (χ4v) is 5.84. The van der Waals surface area contributed by atoms with Gasteiger partial charge in [0, 0.05) is 41.6 Å². The summed E-state index contributed by atoms with van der Waals surface area (Å²) in [4.78, 5) is 27.4. The van der Waals surface area contributed by atoms with Crippen LogP contribution in [0.2, 0.25) is 5.02 Å². The Morgan fingerprint density at radius 2 is 1.84 bits per heavy atom. The van der Waals surface area contributed by atoms with Crippen LogP contribution in [0.5, 0.6) is 5.75 Å². The fraction of sp³-hybridized carbons (Fsp3) is 0.500. The molecule has 7 nitrogen and oxygen atoms in total. The third kappa shape index (κ3) is 6.38. The molecular weight excluding hydrogens is 498 g/mol. The lowest BCUT2D eigenvalue weighted by molar-refractivity contribution is -0.116. The molecular formula is C30H38ClN5O2. The maximum Gasteiger partial charge on any atom is 0.226 e. The zero-order valence-electron chi connectivity index (χ0n) is 22.7. The van der Waals surface area contributed by atoms with Gasteiger partial charge in [0.05, 0.1) is 17.3 Å². The highest BCUT2D eigenvalue weighted by atomic mass is 35.5. The lowest BCUT2D eigenvalue weighted by Crippen LogP contribution is -2.44. The largest absolute Gasteiger partial charge is 0.491 e. The maximum atomic E-state index is 12.7. The molecule has 2 aliphatic rings. The highest BCUT2D eigenvalue weighted by Gasteiger charge is 2.27. The minimum absolute atomic E-state index is 0.0565. The maximum absolute atomic E-state index is 12.7. The zero-order chi connectivity index (χ0) is 26.6. The summed E-state index contributed by atoms with van der Waals surface area (Å²) in [5.41, 5.74) is 3.51. The highest BCUT2D eigenvalue weighted by molar-refractivity contribution is 6.31. The van der Waals surface area contributed by atoms with Gasteiger partial charge in [-0.3, -0.25) is 4.79 Å². The number of anilines is 2. The fourth-order valence-electron chi connectivity index (χ4n) is 5.57. The summed E-state index contributed by atoms with van der Waals surface area (Å²) in [6.45, 7) is 10.5. The Morgan fingerprint density at radius 1 is 1.08 bits per heavy atom. The number of amides is 1. The van der Waals surface area contributed by atoms with Crippen molar-refractivity contribution in [3.05, 3.63) is 52.7 Å². The molecule has 0 saturated carbocycles. The number of carbonyl (C=O) groups excluding carboxylic acids is 1. The van der Waals surface area contributed by atoms with Gasteiger partial charge in [-0.2, -0.15) is 0 Å². The van der Waals surface area contributed by atoms with E-state index < -0.39 is 0 Å². The monoisotopic (exact) mass is 535 g/mol. The Balaban J connectivity index is 1.19. The molecule has 8 heteroatoms. The van der Waals surface area contributed by atoms with Gasteiger partial charge in [-0.05, 0) is 102 Å². The topological polar surface area (TPSA) is 70.6 Å². The van der Waals surface area contributed by atoms with Crippen LogP contribution < -0.4 is 15.0 Å². The molecule has 5 rings (SSSR count). The molecule has 2 aromatic carbocycles. The number of carbonyl (C=O) groups is 1. The summed E-state index contributed by atoms with van der Waals surface area (Å²) in [5.74, 6) is 1.49. The second-order valence-corrected chi connectivity index (χ2v) is 11.2. The van der Waals surface area contributed by atoms with E-state index in [1.807, 2.05) is 57.2 Å². The van der Waals surface area contributed by atoms with Crippen LogP contribution in [-0.2, 0) is 11.2 Å². The van der Waals surface area contributed by atoms with Gasteiger partial charge < -0.3 is 19.9 Å². The van der Waals surface area contributed by atoms with Crippen LogP contribution in [0.3, 0.4) is 0 Å². The Bertz CT molecular complexity index is 1280. The molecule has 0 aliphatic carbocycles. The molecule has 2 fully saturated rings. The predicted octanol–water partition coefficient (Wildman–Crippen LogP) is 6.01. The van der Waals surface area contributed by atoms with Gasteiger partial charge >= 0.3 is 0 Å². The van der Waals surface area contributed by atoms with E-state index in [9.17, 15) is 4.79 Å². The number of halogens is 1. The Morgan fingerprint density at radius 3 is 2.55 bits per heavy atom. The highest BCUT2D eigenvalue weighted by Crippen LogP contribution is 2.28. The molecule has 2 saturated heterocycles. The first-order chi connectivity index (χ1) is 18.4. The Hall–Kier alpha value is -2.90. The van der Waals surface area contributed by atoms with Gasteiger partial charge in [0.25, 0.3) is 0 Å². The van der Waals surface area contributed by atoms with E-state index in [0.29, 0.717) is 23.9 Å². The lowest BCUT2D eigenvalue weighted by Gasteiger charge is -2.36. The molecule has 1 N–H and O–H groups in total. The first-order valence-corrected chi connectivity index (χ1v) is 14.3. The Kier molecular flexibility index (Phi) is 8.34. The third-order valence-corrected chi connectivity index (χ3v) is 7.93. The number of hydrogen-bond acceptors (Lipinski definition) is 6. The number of benzene rings is 2. The van der Waals surface area contributed by atoms with Crippen LogP contribution in [0.4, 0.5) is 11.6 Å². The molecule has 3 aromatic rings. The van der Waals surface area contributed by atoms with E-state index >= 15 is 0 Å². The normalized spacial score (nSPS) is 16.9. The van der Waals surface area contributed by atoms with Gasteiger partial charge in [-0.25, -0.2) is 9.97 Å². The average Bonchev–Trinajstić information content (AvgIpc) is 3.43. The standard InChI is InChI=1S/C30H38ClN5O2/c1-20(2)38-25-9-6-22(27(31)19-25)7-11-29(37)33-23-8-10-28-26(18-23)21(3)32-30(34-28)36-16-12-24(13-17-36)35-14-4-5-15-35/h6,8-10,18-20,24H,4-5,7,11-17H2,1-3H3,(H,33,37). The second kappa shape index (κ2) is 11.9. The molecule has 0 radical (unpaired) electrons. The number of rotatable bonds is 8. The van der Waals surface area contributed by atoms with Crippen molar-refractivity contribution in [3.8, 4) is 5.75 Å². The zero-order valence-corrected chi connectivity index (χ0v) is 23.4. The number of nitrogens with zero attached hydrogens (tertiary/aromatic N) is 4. The second-order valence-electron chi connectivity index (χ2n) is 10.8. The number of piperidine rings is 1. The average molecular weight is 536 g/mol. The molecule has 3 heterocycles. The summed E-state index contributed by atoms with van der Waals surface area (Å²) >= 11 is 6.41. The van der Waals surface area contributed by atoms with Crippen molar-refractivity contribution in [3.63, 3.8) is 0 Å². The minimum atomic E-state index is -0.0565. The van der Waals surface area contributed by atoms with Crippen molar-refractivity contribution < 1.29 is 9.53 Å². The third-order valence-electron chi connectivity index (χ3n) is 7.58. The molecule has 202 valence electrons. The van der Waals surface area contributed by atoms with E-state index in [2.05, 4.69) is 15.1 Å². The van der Waals surface area contributed by atoms with E-state index in [4.69, 9.17) is 26.3 Å². The SMILES string of the molecule is Cc1nc(N2CCC(N3CCCC3)CC2)nc2ccc(NC(=O)CCc3ccc(OC(C)C)cc3Cl)cc12. The number of aromatic nitrogens is 2. The number of fused-ring (bicyclic) bond motifs is 1. The molecule has 1 aromatic heterocycles. The number of likely N-dealkylation sites (tertiary alicyclic amines) is 1. The van der Waals surface area contributed by atoms with E-state index in [1.54, 1.807) is 0 Å². The molecule has 0 unspecified atom stereocenters. The van der Waals surface area contributed by atoms with Gasteiger partial charge in [0.15, 0.2) is 0 Å². The van der Waals surface area contributed by atoms with Crippen molar-refractivity contribution in [1.82, 2.24) is 14.9 Å².